The average molecular weight is 305 g/mol. The fourth-order valence-electron chi connectivity index (χ4n) is 3.54. The number of hydrogen-bond acceptors (Lipinski definition) is 3. The van der Waals surface area contributed by atoms with Crippen LogP contribution in [0.3, 0.4) is 0 Å². The first kappa shape index (κ1) is 17.3. The van der Waals surface area contributed by atoms with Gasteiger partial charge in [-0.05, 0) is 81.3 Å². The molecule has 1 aliphatic rings. The van der Waals surface area contributed by atoms with Crippen molar-refractivity contribution in [2.45, 2.75) is 58.5 Å². The van der Waals surface area contributed by atoms with E-state index in [-0.39, 0.29) is 6.10 Å². The lowest BCUT2D eigenvalue weighted by Crippen LogP contribution is -2.34. The van der Waals surface area contributed by atoms with Crippen LogP contribution in [0.15, 0.2) is 18.2 Å². The summed E-state index contributed by atoms with van der Waals surface area (Å²) >= 11 is 0. The van der Waals surface area contributed by atoms with Crippen LogP contribution in [-0.2, 0) is 6.42 Å². The van der Waals surface area contributed by atoms with Crippen molar-refractivity contribution in [3.05, 3.63) is 29.3 Å². The van der Waals surface area contributed by atoms with Crippen molar-refractivity contribution in [2.75, 3.05) is 19.6 Å². The molecule has 1 heterocycles. The van der Waals surface area contributed by atoms with Crippen molar-refractivity contribution in [1.82, 2.24) is 4.90 Å². The van der Waals surface area contributed by atoms with Gasteiger partial charge >= 0.3 is 0 Å². The second kappa shape index (κ2) is 8.54. The zero-order chi connectivity index (χ0) is 15.9. The van der Waals surface area contributed by atoms with Gasteiger partial charge in [-0.1, -0.05) is 19.4 Å². The molecular weight excluding hydrogens is 274 g/mol. The van der Waals surface area contributed by atoms with E-state index in [1.54, 1.807) is 6.07 Å². The van der Waals surface area contributed by atoms with Gasteiger partial charge in [-0.3, -0.25) is 0 Å². The Balaban J connectivity index is 1.89. The molecule has 22 heavy (non-hydrogen) atoms. The van der Waals surface area contributed by atoms with Gasteiger partial charge in [-0.2, -0.15) is 0 Å². The minimum absolute atomic E-state index is 0.248. The fourth-order valence-corrected chi connectivity index (χ4v) is 3.54. The number of aromatic hydroxyl groups is 1. The molecule has 0 saturated carbocycles. The van der Waals surface area contributed by atoms with Crippen molar-refractivity contribution in [3.63, 3.8) is 0 Å². The molecule has 2 unspecified atom stereocenters. The molecule has 2 atom stereocenters. The summed E-state index contributed by atoms with van der Waals surface area (Å²) in [5.41, 5.74) is 2.34. The van der Waals surface area contributed by atoms with Crippen molar-refractivity contribution in [1.29, 1.82) is 0 Å². The Morgan fingerprint density at radius 1 is 1.18 bits per heavy atom. The molecule has 1 fully saturated rings. The van der Waals surface area contributed by atoms with E-state index in [0.717, 1.165) is 37.8 Å². The van der Waals surface area contributed by atoms with E-state index in [1.807, 2.05) is 12.1 Å². The minimum atomic E-state index is -0.248. The molecule has 1 aromatic rings. The lowest BCUT2D eigenvalue weighted by molar-refractivity contribution is 0.0724. The van der Waals surface area contributed by atoms with Crippen molar-refractivity contribution in [3.8, 4) is 5.75 Å². The standard InChI is InChI=1S/C19H31NO2/c1-3-6-17(14-20-11-4-5-12-20)19(22)10-8-16-13-18(21)9-7-15(16)2/h7,9,13,17,19,21-22H,3-6,8,10-12,14H2,1-2H3. The number of phenolic OH excluding ortho intramolecular Hbond substituents is 1. The number of aliphatic hydroxyl groups is 1. The Bertz CT molecular complexity index is 455. The van der Waals surface area contributed by atoms with Gasteiger partial charge in [0.15, 0.2) is 0 Å². The maximum atomic E-state index is 10.6. The van der Waals surface area contributed by atoms with E-state index >= 15 is 0 Å². The topological polar surface area (TPSA) is 43.7 Å². The molecule has 0 aromatic heterocycles. The third-order valence-corrected chi connectivity index (χ3v) is 4.94. The van der Waals surface area contributed by atoms with Gasteiger partial charge in [0.1, 0.15) is 5.75 Å². The summed E-state index contributed by atoms with van der Waals surface area (Å²) in [5.74, 6) is 0.693. The first-order chi connectivity index (χ1) is 10.6. The quantitative estimate of drug-likeness (QED) is 0.772. The van der Waals surface area contributed by atoms with Crippen LogP contribution in [0, 0.1) is 12.8 Å². The van der Waals surface area contributed by atoms with Crippen molar-refractivity contribution in [2.24, 2.45) is 5.92 Å². The van der Waals surface area contributed by atoms with Gasteiger partial charge in [0, 0.05) is 6.54 Å². The average Bonchev–Trinajstić information content (AvgIpc) is 3.00. The predicted molar refractivity (Wildman–Crippen MR) is 91.2 cm³/mol. The second-order valence-corrected chi connectivity index (χ2v) is 6.77. The van der Waals surface area contributed by atoms with Crippen molar-refractivity contribution >= 4 is 0 Å². The maximum Gasteiger partial charge on any atom is 0.115 e. The van der Waals surface area contributed by atoms with E-state index in [4.69, 9.17) is 0 Å². The zero-order valence-electron chi connectivity index (χ0n) is 14.1. The number of nitrogens with zero attached hydrogens (tertiary/aromatic N) is 1. The number of benzene rings is 1. The molecule has 0 spiro atoms. The van der Waals surface area contributed by atoms with E-state index < -0.39 is 0 Å². The number of aryl methyl sites for hydroxylation is 2. The number of phenols is 1. The summed E-state index contributed by atoms with van der Waals surface area (Å²) in [4.78, 5) is 2.50. The van der Waals surface area contributed by atoms with Gasteiger partial charge < -0.3 is 15.1 Å². The fraction of sp³-hybridized carbons (Fsp3) is 0.684. The molecule has 3 nitrogen and oxygen atoms in total. The highest BCUT2D eigenvalue weighted by Crippen LogP contribution is 2.23. The molecule has 0 amide bonds. The zero-order valence-corrected chi connectivity index (χ0v) is 14.1. The molecule has 2 rings (SSSR count). The minimum Gasteiger partial charge on any atom is -0.508 e. The van der Waals surface area contributed by atoms with Gasteiger partial charge in [0.2, 0.25) is 0 Å². The Hall–Kier alpha value is -1.06. The number of rotatable bonds is 8. The van der Waals surface area contributed by atoms with Crippen LogP contribution >= 0.6 is 0 Å². The summed E-state index contributed by atoms with van der Waals surface area (Å²) in [7, 11) is 0. The summed E-state index contributed by atoms with van der Waals surface area (Å²) < 4.78 is 0. The maximum absolute atomic E-state index is 10.6. The van der Waals surface area contributed by atoms with Crippen LogP contribution < -0.4 is 0 Å². The Kier molecular flexibility index (Phi) is 6.71. The largest absolute Gasteiger partial charge is 0.508 e. The normalized spacial score (nSPS) is 18.5. The summed E-state index contributed by atoms with van der Waals surface area (Å²) in [6.07, 6.45) is 6.19. The number of aliphatic hydroxyl groups excluding tert-OH is 1. The number of hydrogen-bond donors (Lipinski definition) is 2. The Morgan fingerprint density at radius 2 is 1.91 bits per heavy atom. The van der Waals surface area contributed by atoms with E-state index in [2.05, 4.69) is 18.7 Å². The Labute approximate surface area is 135 Å². The molecule has 0 aliphatic carbocycles. The molecule has 2 N–H and O–H groups in total. The van der Waals surface area contributed by atoms with E-state index in [1.165, 1.54) is 31.5 Å². The molecule has 0 bridgehead atoms. The van der Waals surface area contributed by atoms with Gasteiger partial charge in [-0.15, -0.1) is 0 Å². The van der Waals surface area contributed by atoms with Crippen LogP contribution in [0.4, 0.5) is 0 Å². The summed E-state index contributed by atoms with van der Waals surface area (Å²) in [6, 6.07) is 5.50. The highest BCUT2D eigenvalue weighted by atomic mass is 16.3. The third-order valence-electron chi connectivity index (χ3n) is 4.94. The molecule has 1 aliphatic heterocycles. The Morgan fingerprint density at radius 3 is 2.59 bits per heavy atom. The summed E-state index contributed by atoms with van der Waals surface area (Å²) in [6.45, 7) is 7.68. The molecule has 0 radical (unpaired) electrons. The van der Waals surface area contributed by atoms with Gasteiger partial charge in [0.25, 0.3) is 0 Å². The lowest BCUT2D eigenvalue weighted by Gasteiger charge is -2.27. The van der Waals surface area contributed by atoms with Crippen LogP contribution in [0.2, 0.25) is 0 Å². The predicted octanol–water partition coefficient (Wildman–Crippen LogP) is 3.51. The van der Waals surface area contributed by atoms with Crippen LogP contribution in [0.25, 0.3) is 0 Å². The molecule has 1 aromatic carbocycles. The van der Waals surface area contributed by atoms with Crippen LogP contribution in [-0.4, -0.2) is 40.9 Å². The molecule has 124 valence electrons. The van der Waals surface area contributed by atoms with Gasteiger partial charge in [0.05, 0.1) is 6.10 Å². The molecule has 3 heteroatoms. The molecular formula is C19H31NO2. The first-order valence-corrected chi connectivity index (χ1v) is 8.79. The SMILES string of the molecule is CCCC(CN1CCCC1)C(O)CCc1cc(O)ccc1C. The van der Waals surface area contributed by atoms with E-state index in [9.17, 15) is 10.2 Å². The smallest absolute Gasteiger partial charge is 0.115 e. The molecule has 1 saturated heterocycles. The van der Waals surface area contributed by atoms with Crippen molar-refractivity contribution < 1.29 is 10.2 Å². The van der Waals surface area contributed by atoms with Gasteiger partial charge in [-0.25, -0.2) is 0 Å². The van der Waals surface area contributed by atoms with Crippen LogP contribution in [0.5, 0.6) is 5.75 Å². The second-order valence-electron chi connectivity index (χ2n) is 6.77. The third kappa shape index (κ3) is 4.99. The lowest BCUT2D eigenvalue weighted by atomic mass is 9.91. The number of likely N-dealkylation sites (tertiary alicyclic amines) is 1. The monoisotopic (exact) mass is 305 g/mol. The first-order valence-electron chi connectivity index (χ1n) is 8.79. The highest BCUT2D eigenvalue weighted by Gasteiger charge is 2.23. The summed E-state index contributed by atoms with van der Waals surface area (Å²) in [5, 5.41) is 20.2. The van der Waals surface area contributed by atoms with E-state index in [0.29, 0.717) is 11.7 Å². The van der Waals surface area contributed by atoms with Crippen LogP contribution in [0.1, 0.15) is 50.2 Å². The highest BCUT2D eigenvalue weighted by molar-refractivity contribution is 5.34.